The molecule has 1 aliphatic rings. The molecular weight excluding hydrogens is 226 g/mol. The van der Waals surface area contributed by atoms with Crippen LogP contribution in [0.4, 0.5) is 5.69 Å². The molecule has 0 bridgehead atoms. The third-order valence-electron chi connectivity index (χ3n) is 3.39. The van der Waals surface area contributed by atoms with Crippen molar-refractivity contribution in [2.45, 2.75) is 38.1 Å². The van der Waals surface area contributed by atoms with E-state index in [1.165, 1.54) is 37.8 Å². The van der Waals surface area contributed by atoms with E-state index in [-0.39, 0.29) is 0 Å². The molecule has 0 amide bonds. The van der Waals surface area contributed by atoms with Gasteiger partial charge >= 0.3 is 0 Å². The molecule has 3 heteroatoms. The Morgan fingerprint density at radius 3 is 2.44 bits per heavy atom. The lowest BCUT2D eigenvalue weighted by molar-refractivity contribution is 0.146. The van der Waals surface area contributed by atoms with Gasteiger partial charge in [-0.2, -0.15) is 0 Å². The van der Waals surface area contributed by atoms with Crippen molar-refractivity contribution in [1.82, 2.24) is 0 Å². The molecule has 1 aliphatic carbocycles. The lowest BCUT2D eigenvalue weighted by atomic mass is 9.95. The molecule has 0 unspecified atom stereocenters. The lowest BCUT2D eigenvalue weighted by Gasteiger charge is -2.23. The average molecular weight is 249 g/mol. The number of nitrogens with one attached hydrogen (secondary N) is 1. The van der Waals surface area contributed by atoms with Gasteiger partial charge in [-0.1, -0.05) is 19.3 Å². The van der Waals surface area contributed by atoms with Gasteiger partial charge in [0, 0.05) is 18.8 Å². The summed E-state index contributed by atoms with van der Waals surface area (Å²) in [5.74, 6) is 0.904. The zero-order valence-corrected chi connectivity index (χ0v) is 11.2. The number of methoxy groups -OCH3 is 1. The molecule has 18 heavy (non-hydrogen) atoms. The van der Waals surface area contributed by atoms with E-state index in [2.05, 4.69) is 17.4 Å². The summed E-state index contributed by atoms with van der Waals surface area (Å²) in [6.45, 7) is 1.23. The summed E-state index contributed by atoms with van der Waals surface area (Å²) in [5, 5.41) is 3.60. The van der Waals surface area contributed by atoms with E-state index in [1.54, 1.807) is 7.11 Å². The Kier molecular flexibility index (Phi) is 5.34. The summed E-state index contributed by atoms with van der Waals surface area (Å²) in [7, 11) is 1.68. The fourth-order valence-corrected chi connectivity index (χ4v) is 2.37. The van der Waals surface area contributed by atoms with Crippen molar-refractivity contribution in [2.75, 3.05) is 25.6 Å². The first-order valence-electron chi connectivity index (χ1n) is 6.87. The van der Waals surface area contributed by atoms with Crippen molar-refractivity contribution in [3.8, 4) is 5.75 Å². The highest BCUT2D eigenvalue weighted by Crippen LogP contribution is 2.23. The Hall–Kier alpha value is -1.22. The van der Waals surface area contributed by atoms with E-state index >= 15 is 0 Å². The molecule has 1 aromatic rings. The van der Waals surface area contributed by atoms with E-state index in [1.807, 2.05) is 12.1 Å². The summed E-state index contributed by atoms with van der Waals surface area (Å²) < 4.78 is 10.5. The van der Waals surface area contributed by atoms with Gasteiger partial charge < -0.3 is 14.8 Å². The second-order valence-electron chi connectivity index (χ2n) is 4.84. The van der Waals surface area contributed by atoms with Crippen LogP contribution in [0.25, 0.3) is 0 Å². The van der Waals surface area contributed by atoms with Crippen LogP contribution in [0.1, 0.15) is 32.1 Å². The number of rotatable bonds is 6. The van der Waals surface area contributed by atoms with Crippen LogP contribution in [0.3, 0.4) is 0 Å². The first-order chi connectivity index (χ1) is 8.88. The molecule has 0 spiro atoms. The third-order valence-corrected chi connectivity index (χ3v) is 3.39. The van der Waals surface area contributed by atoms with Crippen molar-refractivity contribution >= 4 is 5.69 Å². The topological polar surface area (TPSA) is 30.5 Å². The minimum absolute atomic E-state index is 0.603. The van der Waals surface area contributed by atoms with Gasteiger partial charge in [-0.25, -0.2) is 0 Å². The van der Waals surface area contributed by atoms with Crippen molar-refractivity contribution in [3.05, 3.63) is 24.3 Å². The molecule has 1 N–H and O–H groups in total. The summed E-state index contributed by atoms with van der Waals surface area (Å²) >= 11 is 0. The Balaban J connectivity index is 1.79. The van der Waals surface area contributed by atoms with Gasteiger partial charge in [0.1, 0.15) is 12.4 Å². The van der Waals surface area contributed by atoms with Crippen molar-refractivity contribution in [3.63, 3.8) is 0 Å². The predicted molar refractivity (Wildman–Crippen MR) is 74.3 cm³/mol. The monoisotopic (exact) mass is 249 g/mol. The Labute approximate surface area is 109 Å². The maximum atomic E-state index is 5.54. The van der Waals surface area contributed by atoms with Crippen LogP contribution in [0.5, 0.6) is 5.75 Å². The Morgan fingerprint density at radius 2 is 1.78 bits per heavy atom. The highest BCUT2D eigenvalue weighted by molar-refractivity contribution is 5.47. The molecule has 3 nitrogen and oxygen atoms in total. The molecule has 0 aliphatic heterocycles. The summed E-state index contributed by atoms with van der Waals surface area (Å²) in [4.78, 5) is 0. The SMILES string of the molecule is COCCOc1ccc(NC2CCCCC2)cc1. The van der Waals surface area contributed by atoms with E-state index in [0.29, 0.717) is 19.3 Å². The van der Waals surface area contributed by atoms with Gasteiger partial charge in [-0.3, -0.25) is 0 Å². The fraction of sp³-hybridized carbons (Fsp3) is 0.600. The predicted octanol–water partition coefficient (Wildman–Crippen LogP) is 3.46. The van der Waals surface area contributed by atoms with Gasteiger partial charge in [-0.05, 0) is 37.1 Å². The number of hydrogen-bond acceptors (Lipinski definition) is 3. The van der Waals surface area contributed by atoms with Gasteiger partial charge in [-0.15, -0.1) is 0 Å². The number of anilines is 1. The summed E-state index contributed by atoms with van der Waals surface area (Å²) in [6.07, 6.45) is 6.70. The minimum Gasteiger partial charge on any atom is -0.491 e. The smallest absolute Gasteiger partial charge is 0.119 e. The van der Waals surface area contributed by atoms with E-state index in [0.717, 1.165) is 5.75 Å². The Bertz CT molecular complexity index is 331. The van der Waals surface area contributed by atoms with Crippen molar-refractivity contribution < 1.29 is 9.47 Å². The largest absolute Gasteiger partial charge is 0.491 e. The van der Waals surface area contributed by atoms with Gasteiger partial charge in [0.15, 0.2) is 0 Å². The van der Waals surface area contributed by atoms with Crippen LogP contribution in [-0.2, 0) is 4.74 Å². The number of ether oxygens (including phenoxy) is 2. The Morgan fingerprint density at radius 1 is 1.06 bits per heavy atom. The first-order valence-corrected chi connectivity index (χ1v) is 6.87. The summed E-state index contributed by atoms with van der Waals surface area (Å²) in [5.41, 5.74) is 1.20. The van der Waals surface area contributed by atoms with Crippen molar-refractivity contribution in [2.24, 2.45) is 0 Å². The molecule has 0 aromatic heterocycles. The number of hydrogen-bond donors (Lipinski definition) is 1. The van der Waals surface area contributed by atoms with E-state index in [4.69, 9.17) is 9.47 Å². The molecule has 0 radical (unpaired) electrons. The minimum atomic E-state index is 0.603. The zero-order chi connectivity index (χ0) is 12.6. The van der Waals surface area contributed by atoms with Crippen LogP contribution in [-0.4, -0.2) is 26.4 Å². The molecule has 1 saturated carbocycles. The fourth-order valence-electron chi connectivity index (χ4n) is 2.37. The molecule has 100 valence electrons. The molecule has 1 aromatic carbocycles. The molecule has 1 fully saturated rings. The lowest BCUT2D eigenvalue weighted by Crippen LogP contribution is -2.22. The number of benzene rings is 1. The quantitative estimate of drug-likeness (QED) is 0.783. The average Bonchev–Trinajstić information content (AvgIpc) is 2.42. The van der Waals surface area contributed by atoms with Crippen LogP contribution in [0.15, 0.2) is 24.3 Å². The highest BCUT2D eigenvalue weighted by Gasteiger charge is 2.12. The summed E-state index contributed by atoms with van der Waals surface area (Å²) in [6, 6.07) is 8.87. The zero-order valence-electron chi connectivity index (χ0n) is 11.2. The highest BCUT2D eigenvalue weighted by atomic mass is 16.5. The van der Waals surface area contributed by atoms with Gasteiger partial charge in [0.25, 0.3) is 0 Å². The second kappa shape index (κ2) is 7.27. The van der Waals surface area contributed by atoms with Crippen molar-refractivity contribution in [1.29, 1.82) is 0 Å². The third kappa shape index (κ3) is 4.22. The van der Waals surface area contributed by atoms with E-state index in [9.17, 15) is 0 Å². The van der Waals surface area contributed by atoms with Crippen LogP contribution < -0.4 is 10.1 Å². The molecule has 0 atom stereocenters. The second-order valence-corrected chi connectivity index (χ2v) is 4.84. The maximum absolute atomic E-state index is 5.54. The normalized spacial score (nSPS) is 16.5. The molecular formula is C15H23NO2. The standard InChI is InChI=1S/C15H23NO2/c1-17-11-12-18-15-9-7-14(8-10-15)16-13-5-3-2-4-6-13/h7-10,13,16H,2-6,11-12H2,1H3. The maximum Gasteiger partial charge on any atom is 0.119 e. The van der Waals surface area contributed by atoms with Crippen LogP contribution in [0, 0.1) is 0 Å². The van der Waals surface area contributed by atoms with Crippen LogP contribution >= 0.6 is 0 Å². The van der Waals surface area contributed by atoms with Crippen LogP contribution in [0.2, 0.25) is 0 Å². The van der Waals surface area contributed by atoms with Gasteiger partial charge in [0.2, 0.25) is 0 Å². The van der Waals surface area contributed by atoms with Gasteiger partial charge in [0.05, 0.1) is 6.61 Å². The molecule has 2 rings (SSSR count). The first kappa shape index (κ1) is 13.2. The molecule has 0 saturated heterocycles. The molecule has 0 heterocycles. The van der Waals surface area contributed by atoms with E-state index < -0.39 is 0 Å².